The van der Waals surface area contributed by atoms with Crippen LogP contribution in [0.5, 0.6) is 5.75 Å². The molecule has 0 saturated carbocycles. The van der Waals surface area contributed by atoms with Crippen molar-refractivity contribution in [3.8, 4) is 5.75 Å². The molecule has 0 bridgehead atoms. The van der Waals surface area contributed by atoms with E-state index >= 15 is 0 Å². The van der Waals surface area contributed by atoms with Crippen LogP contribution in [0.3, 0.4) is 0 Å². The Morgan fingerprint density at radius 1 is 1.10 bits per heavy atom. The summed E-state index contributed by atoms with van der Waals surface area (Å²) in [6, 6.07) is 11.9. The van der Waals surface area contributed by atoms with Gasteiger partial charge in [-0.2, -0.15) is 0 Å². The smallest absolute Gasteiger partial charge is 0.265 e. The van der Waals surface area contributed by atoms with E-state index in [0.29, 0.717) is 28.0 Å². The zero-order chi connectivity index (χ0) is 14.5. The molecule has 0 saturated heterocycles. The zero-order valence-electron chi connectivity index (χ0n) is 10.4. The number of rotatable bonds is 4. The Morgan fingerprint density at radius 3 is 2.25 bits per heavy atom. The SMILES string of the molecule is NNC(=O)c1ccc(COc2cc(Cl)cc(Cl)c2)cc1. The molecule has 2 rings (SSSR count). The predicted molar refractivity (Wildman–Crippen MR) is 78.9 cm³/mol. The standard InChI is InChI=1S/C14H12Cl2N2O2/c15-11-5-12(16)7-13(6-11)20-8-9-1-3-10(4-2-9)14(19)18-17/h1-7H,8,17H2,(H,18,19). The van der Waals surface area contributed by atoms with Crippen molar-refractivity contribution < 1.29 is 9.53 Å². The van der Waals surface area contributed by atoms with Crippen LogP contribution < -0.4 is 16.0 Å². The Balaban J connectivity index is 2.02. The molecule has 20 heavy (non-hydrogen) atoms. The second-order valence-corrected chi connectivity index (χ2v) is 4.94. The van der Waals surface area contributed by atoms with Crippen LogP contribution in [0.4, 0.5) is 0 Å². The van der Waals surface area contributed by atoms with Gasteiger partial charge in [-0.25, -0.2) is 5.84 Å². The minimum absolute atomic E-state index is 0.334. The van der Waals surface area contributed by atoms with Crippen LogP contribution in [-0.2, 0) is 6.61 Å². The van der Waals surface area contributed by atoms with Crippen LogP contribution in [0.1, 0.15) is 15.9 Å². The number of nitrogens with one attached hydrogen (secondary N) is 1. The van der Waals surface area contributed by atoms with Crippen molar-refractivity contribution in [3.05, 3.63) is 63.6 Å². The number of carbonyl (C=O) groups excluding carboxylic acids is 1. The summed E-state index contributed by atoms with van der Waals surface area (Å²) in [5, 5.41) is 1.03. The van der Waals surface area contributed by atoms with Gasteiger partial charge in [0.1, 0.15) is 12.4 Å². The van der Waals surface area contributed by atoms with E-state index in [1.54, 1.807) is 42.5 Å². The average molecular weight is 311 g/mol. The number of ether oxygens (including phenoxy) is 1. The maximum absolute atomic E-state index is 11.3. The van der Waals surface area contributed by atoms with Gasteiger partial charge in [-0.1, -0.05) is 35.3 Å². The van der Waals surface area contributed by atoms with Gasteiger partial charge >= 0.3 is 0 Å². The summed E-state index contributed by atoms with van der Waals surface area (Å²) in [6.07, 6.45) is 0. The number of hydrogen-bond acceptors (Lipinski definition) is 3. The molecular formula is C14H12Cl2N2O2. The van der Waals surface area contributed by atoms with Crippen LogP contribution in [0.2, 0.25) is 10.0 Å². The fourth-order valence-corrected chi connectivity index (χ4v) is 2.12. The van der Waals surface area contributed by atoms with E-state index in [0.717, 1.165) is 5.56 Å². The summed E-state index contributed by atoms with van der Waals surface area (Å²) >= 11 is 11.8. The first kappa shape index (κ1) is 14.7. The van der Waals surface area contributed by atoms with Gasteiger partial charge in [0, 0.05) is 15.6 Å². The van der Waals surface area contributed by atoms with Crippen molar-refractivity contribution >= 4 is 29.1 Å². The van der Waals surface area contributed by atoms with Gasteiger partial charge in [0.05, 0.1) is 0 Å². The molecule has 0 heterocycles. The molecule has 0 aliphatic carbocycles. The van der Waals surface area contributed by atoms with Crippen molar-refractivity contribution in [1.82, 2.24) is 5.43 Å². The molecule has 6 heteroatoms. The Morgan fingerprint density at radius 2 is 1.70 bits per heavy atom. The van der Waals surface area contributed by atoms with Crippen molar-refractivity contribution in [2.45, 2.75) is 6.61 Å². The summed E-state index contributed by atoms with van der Waals surface area (Å²) in [6.45, 7) is 0.348. The maximum atomic E-state index is 11.3. The molecule has 0 aliphatic rings. The first-order valence-corrected chi connectivity index (χ1v) is 6.53. The quantitative estimate of drug-likeness (QED) is 0.518. The Bertz CT molecular complexity index is 595. The highest BCUT2D eigenvalue weighted by molar-refractivity contribution is 6.34. The third kappa shape index (κ3) is 3.87. The summed E-state index contributed by atoms with van der Waals surface area (Å²) in [7, 11) is 0. The molecule has 0 atom stereocenters. The molecule has 2 aromatic carbocycles. The maximum Gasteiger partial charge on any atom is 0.265 e. The molecule has 0 spiro atoms. The van der Waals surface area contributed by atoms with Crippen LogP contribution in [0, 0.1) is 0 Å². The summed E-state index contributed by atoms with van der Waals surface area (Å²) in [5.41, 5.74) is 3.47. The number of nitrogens with two attached hydrogens (primary N) is 1. The van der Waals surface area contributed by atoms with Crippen molar-refractivity contribution in [1.29, 1.82) is 0 Å². The van der Waals surface area contributed by atoms with Gasteiger partial charge in [0.15, 0.2) is 0 Å². The van der Waals surface area contributed by atoms with E-state index in [4.69, 9.17) is 33.8 Å². The summed E-state index contributed by atoms with van der Waals surface area (Å²) < 4.78 is 5.59. The first-order chi connectivity index (χ1) is 9.58. The van der Waals surface area contributed by atoms with Gasteiger partial charge in [0.25, 0.3) is 5.91 Å². The molecular weight excluding hydrogens is 299 g/mol. The molecule has 104 valence electrons. The molecule has 0 aliphatic heterocycles. The third-order valence-electron chi connectivity index (χ3n) is 2.59. The molecule has 0 radical (unpaired) electrons. The highest BCUT2D eigenvalue weighted by atomic mass is 35.5. The first-order valence-electron chi connectivity index (χ1n) is 5.77. The zero-order valence-corrected chi connectivity index (χ0v) is 11.9. The number of benzene rings is 2. The molecule has 2 aromatic rings. The van der Waals surface area contributed by atoms with E-state index in [1.165, 1.54) is 0 Å². The van der Waals surface area contributed by atoms with Gasteiger partial charge in [-0.15, -0.1) is 0 Å². The fraction of sp³-hybridized carbons (Fsp3) is 0.0714. The van der Waals surface area contributed by atoms with Gasteiger partial charge in [0.2, 0.25) is 0 Å². The molecule has 0 aromatic heterocycles. The largest absolute Gasteiger partial charge is 0.489 e. The highest BCUT2D eigenvalue weighted by Crippen LogP contribution is 2.24. The van der Waals surface area contributed by atoms with E-state index in [9.17, 15) is 4.79 Å². The monoisotopic (exact) mass is 310 g/mol. The summed E-state index contributed by atoms with van der Waals surface area (Å²) in [4.78, 5) is 11.3. The molecule has 0 unspecified atom stereocenters. The lowest BCUT2D eigenvalue weighted by Crippen LogP contribution is -2.29. The minimum Gasteiger partial charge on any atom is -0.489 e. The minimum atomic E-state index is -0.334. The second-order valence-electron chi connectivity index (χ2n) is 4.06. The third-order valence-corrected chi connectivity index (χ3v) is 3.03. The normalized spacial score (nSPS) is 10.2. The van der Waals surface area contributed by atoms with Gasteiger partial charge in [-0.05, 0) is 35.9 Å². The van der Waals surface area contributed by atoms with Gasteiger partial charge < -0.3 is 4.74 Å². The van der Waals surface area contributed by atoms with Gasteiger partial charge in [-0.3, -0.25) is 10.2 Å². The number of hydrogen-bond donors (Lipinski definition) is 2. The van der Waals surface area contributed by atoms with Crippen LogP contribution in [0.15, 0.2) is 42.5 Å². The highest BCUT2D eigenvalue weighted by Gasteiger charge is 2.04. The molecule has 1 amide bonds. The van der Waals surface area contributed by atoms with Crippen molar-refractivity contribution in [2.75, 3.05) is 0 Å². The Kier molecular flexibility index (Phi) is 4.84. The topological polar surface area (TPSA) is 64.3 Å². The predicted octanol–water partition coefficient (Wildman–Crippen LogP) is 3.18. The molecule has 4 nitrogen and oxygen atoms in total. The van der Waals surface area contributed by atoms with E-state index in [-0.39, 0.29) is 5.91 Å². The number of carbonyl (C=O) groups is 1. The Hall–Kier alpha value is -1.75. The summed E-state index contributed by atoms with van der Waals surface area (Å²) in [5.74, 6) is 5.31. The number of halogens is 2. The van der Waals surface area contributed by atoms with Crippen molar-refractivity contribution in [2.24, 2.45) is 5.84 Å². The van der Waals surface area contributed by atoms with Crippen molar-refractivity contribution in [3.63, 3.8) is 0 Å². The lowest BCUT2D eigenvalue weighted by molar-refractivity contribution is 0.0953. The Labute approximate surface area is 126 Å². The van der Waals surface area contributed by atoms with E-state index < -0.39 is 0 Å². The lowest BCUT2D eigenvalue weighted by atomic mass is 10.1. The average Bonchev–Trinajstić information content (AvgIpc) is 2.44. The number of hydrazine groups is 1. The number of amides is 1. The second kappa shape index (κ2) is 6.61. The lowest BCUT2D eigenvalue weighted by Gasteiger charge is -2.08. The fourth-order valence-electron chi connectivity index (χ4n) is 1.61. The van der Waals surface area contributed by atoms with Crippen LogP contribution in [0.25, 0.3) is 0 Å². The molecule has 0 fully saturated rings. The van der Waals surface area contributed by atoms with E-state index in [2.05, 4.69) is 5.43 Å². The molecule has 3 N–H and O–H groups in total. The van der Waals surface area contributed by atoms with E-state index in [1.807, 2.05) is 0 Å². The number of nitrogen functional groups attached to an aromatic ring is 1. The van der Waals surface area contributed by atoms with Crippen LogP contribution in [-0.4, -0.2) is 5.91 Å². The van der Waals surface area contributed by atoms with Crippen LogP contribution >= 0.6 is 23.2 Å².